The number of ether oxygens (including phenoxy) is 1. The monoisotopic (exact) mass is 731 g/mol. The Labute approximate surface area is 304 Å². The predicted octanol–water partition coefficient (Wildman–Crippen LogP) is 7.07. The van der Waals surface area contributed by atoms with Crippen molar-refractivity contribution in [3.05, 3.63) is 173 Å². The Morgan fingerprint density at radius 3 is 1.96 bits per heavy atom. The molecule has 0 spiro atoms. The molecule has 0 aromatic heterocycles. The number of hydrazine groups is 1. The van der Waals surface area contributed by atoms with E-state index in [0.29, 0.717) is 23.5 Å². The normalized spacial score (nSPS) is 16.4. The van der Waals surface area contributed by atoms with Gasteiger partial charge >= 0.3 is 0 Å². The Balaban J connectivity index is 1.20. The van der Waals surface area contributed by atoms with Crippen LogP contribution in [0.15, 0.2) is 155 Å². The lowest BCUT2D eigenvalue weighted by Crippen LogP contribution is -2.46. The van der Waals surface area contributed by atoms with Gasteiger partial charge in [0.05, 0.1) is 9.79 Å². The molecule has 6 aromatic carbocycles. The van der Waals surface area contributed by atoms with Crippen molar-refractivity contribution in [2.24, 2.45) is 0 Å². The molecule has 3 atom stereocenters. The van der Waals surface area contributed by atoms with E-state index in [1.807, 2.05) is 62.4 Å². The average Bonchev–Trinajstić information content (AvgIpc) is 3.91. The zero-order valence-corrected chi connectivity index (χ0v) is 30.2. The van der Waals surface area contributed by atoms with Gasteiger partial charge in [0.15, 0.2) is 6.17 Å². The second-order valence-corrected chi connectivity index (χ2v) is 16.3. The molecule has 9 nitrogen and oxygen atoms in total. The Morgan fingerprint density at radius 1 is 0.692 bits per heavy atom. The second kappa shape index (κ2) is 14.4. The molecule has 1 saturated heterocycles. The van der Waals surface area contributed by atoms with E-state index in [1.54, 1.807) is 72.8 Å². The van der Waals surface area contributed by atoms with E-state index in [0.717, 1.165) is 36.9 Å². The molecule has 1 N–H and O–H groups in total. The van der Waals surface area contributed by atoms with Gasteiger partial charge in [-0.15, -0.1) is 0 Å². The van der Waals surface area contributed by atoms with Crippen molar-refractivity contribution < 1.29 is 26.4 Å². The van der Waals surface area contributed by atoms with E-state index >= 15 is 0 Å². The van der Waals surface area contributed by atoms with Crippen molar-refractivity contribution in [1.29, 1.82) is 0 Å². The van der Waals surface area contributed by atoms with Crippen molar-refractivity contribution in [1.82, 2.24) is 14.1 Å². The van der Waals surface area contributed by atoms with Gasteiger partial charge in [-0.2, -0.15) is 4.72 Å². The summed E-state index contributed by atoms with van der Waals surface area (Å²) < 4.78 is 65.2. The highest BCUT2D eigenvalue weighted by Crippen LogP contribution is 2.47. The molecule has 0 aliphatic carbocycles. The van der Waals surface area contributed by atoms with Crippen LogP contribution >= 0.6 is 0 Å². The van der Waals surface area contributed by atoms with E-state index in [2.05, 4.69) is 4.72 Å². The van der Waals surface area contributed by atoms with Gasteiger partial charge in [0.1, 0.15) is 18.4 Å². The first-order valence-corrected chi connectivity index (χ1v) is 19.7. The van der Waals surface area contributed by atoms with E-state index in [4.69, 9.17) is 4.74 Å². The Kier molecular flexibility index (Phi) is 9.69. The maximum atomic E-state index is 14.5. The molecule has 11 heteroatoms. The number of hydrogen-bond donors (Lipinski definition) is 1. The SMILES string of the molecule is Cc1ccc(S(=O)(=O)NC(Cc2ccccc2)C(=O)N2C(c3ccc(OCc4cccc5ccccc45)cc3)N2S(=O)(=O)c2ccc(C)cc2)cc1. The van der Waals surface area contributed by atoms with Crippen LogP contribution in [0.2, 0.25) is 0 Å². The minimum atomic E-state index is -4.23. The van der Waals surface area contributed by atoms with Crippen molar-refractivity contribution in [2.75, 3.05) is 0 Å². The summed E-state index contributed by atoms with van der Waals surface area (Å²) in [4.78, 5) is 14.5. The number of amides is 1. The molecular formula is C41H37N3O6S2. The van der Waals surface area contributed by atoms with Crippen molar-refractivity contribution in [2.45, 2.75) is 48.9 Å². The summed E-state index contributed by atoms with van der Waals surface area (Å²) in [6.45, 7) is 4.02. The lowest BCUT2D eigenvalue weighted by Gasteiger charge is -2.19. The lowest BCUT2D eigenvalue weighted by atomic mass is 10.1. The smallest absolute Gasteiger partial charge is 0.262 e. The molecule has 6 aromatic rings. The van der Waals surface area contributed by atoms with E-state index in [9.17, 15) is 21.6 Å². The standard InChI is InChI=1S/C41H37N3O6S2/c1-29-15-23-36(24-16-29)51(46,47)42-39(27-31-9-4-3-5-10-31)41(45)43-40(44(43)52(48,49)37-25-17-30(2)18-26-37)33-19-21-35(22-20-33)50-28-34-13-8-12-32-11-6-7-14-38(32)34/h3-26,39-40,42H,27-28H2,1-2H3. The molecule has 0 radical (unpaired) electrons. The zero-order valence-electron chi connectivity index (χ0n) is 28.6. The number of carbonyl (C=O) groups is 1. The number of nitrogens with one attached hydrogen (secondary N) is 1. The summed E-state index contributed by atoms with van der Waals surface area (Å²) >= 11 is 0. The van der Waals surface area contributed by atoms with Gasteiger partial charge in [0.2, 0.25) is 10.0 Å². The maximum absolute atomic E-state index is 14.5. The van der Waals surface area contributed by atoms with Gasteiger partial charge in [-0.25, -0.2) is 21.8 Å². The van der Waals surface area contributed by atoms with Crippen LogP contribution in [-0.2, 0) is 37.9 Å². The van der Waals surface area contributed by atoms with Crippen LogP contribution < -0.4 is 9.46 Å². The third-order valence-electron chi connectivity index (χ3n) is 9.05. The Hall–Kier alpha value is -5.33. The molecule has 1 heterocycles. The number of sulfonamides is 2. The first-order valence-electron chi connectivity index (χ1n) is 16.8. The fraction of sp³-hybridized carbons (Fsp3) is 0.146. The highest BCUT2D eigenvalue weighted by atomic mass is 32.2. The summed E-state index contributed by atoms with van der Waals surface area (Å²) in [6.07, 6.45) is -1.03. The summed E-state index contributed by atoms with van der Waals surface area (Å²) in [6, 6.07) is 41.3. The topological polar surface area (TPSA) is 113 Å². The summed E-state index contributed by atoms with van der Waals surface area (Å²) in [5.74, 6) is -0.146. The minimum absolute atomic E-state index is 0.00506. The number of aryl methyl sites for hydroxylation is 2. The van der Waals surface area contributed by atoms with Crippen LogP contribution in [0, 0.1) is 13.8 Å². The molecule has 7 rings (SSSR count). The summed E-state index contributed by atoms with van der Waals surface area (Å²) in [5, 5.41) is 3.32. The summed E-state index contributed by atoms with van der Waals surface area (Å²) in [7, 11) is -8.40. The lowest BCUT2D eigenvalue weighted by molar-refractivity contribution is -0.129. The number of rotatable bonds is 12. The molecular weight excluding hydrogens is 695 g/mol. The quantitative estimate of drug-likeness (QED) is 0.135. The molecule has 264 valence electrons. The fourth-order valence-corrected chi connectivity index (χ4v) is 8.90. The van der Waals surface area contributed by atoms with Gasteiger partial charge < -0.3 is 4.74 Å². The van der Waals surface area contributed by atoms with Crippen LogP contribution in [-0.4, -0.2) is 38.2 Å². The third-order valence-corrected chi connectivity index (χ3v) is 12.3. The minimum Gasteiger partial charge on any atom is -0.489 e. The van der Waals surface area contributed by atoms with Crippen LogP contribution in [0.5, 0.6) is 5.75 Å². The second-order valence-electron chi connectivity index (χ2n) is 12.8. The van der Waals surface area contributed by atoms with Crippen molar-refractivity contribution in [3.63, 3.8) is 0 Å². The van der Waals surface area contributed by atoms with Crippen molar-refractivity contribution >= 4 is 36.7 Å². The molecule has 0 saturated carbocycles. The highest BCUT2D eigenvalue weighted by molar-refractivity contribution is 7.89. The number of benzene rings is 6. The largest absolute Gasteiger partial charge is 0.489 e. The molecule has 1 fully saturated rings. The molecule has 52 heavy (non-hydrogen) atoms. The predicted molar refractivity (Wildman–Crippen MR) is 200 cm³/mol. The van der Waals surface area contributed by atoms with Gasteiger partial charge in [-0.1, -0.05) is 125 Å². The number of carbonyl (C=O) groups excluding carboxylic acids is 1. The fourth-order valence-electron chi connectivity index (χ4n) is 6.19. The van der Waals surface area contributed by atoms with E-state index < -0.39 is 38.2 Å². The molecule has 0 bridgehead atoms. The van der Waals surface area contributed by atoms with Crippen LogP contribution in [0.1, 0.15) is 34.0 Å². The van der Waals surface area contributed by atoms with E-state index in [1.165, 1.54) is 24.3 Å². The molecule has 1 amide bonds. The third kappa shape index (κ3) is 7.35. The van der Waals surface area contributed by atoms with Crippen LogP contribution in [0.25, 0.3) is 10.8 Å². The van der Waals surface area contributed by atoms with E-state index in [-0.39, 0.29) is 16.2 Å². The van der Waals surface area contributed by atoms with Crippen molar-refractivity contribution in [3.8, 4) is 5.75 Å². The Morgan fingerprint density at radius 2 is 1.29 bits per heavy atom. The first-order chi connectivity index (χ1) is 25.0. The molecule has 1 aliphatic heterocycles. The van der Waals surface area contributed by atoms with Crippen LogP contribution in [0.4, 0.5) is 0 Å². The van der Waals surface area contributed by atoms with Gasteiger partial charge in [-0.05, 0) is 84.1 Å². The zero-order chi connectivity index (χ0) is 36.5. The number of nitrogens with zero attached hydrogens (tertiary/aromatic N) is 2. The van der Waals surface area contributed by atoms with Gasteiger partial charge in [-0.3, -0.25) is 4.79 Å². The van der Waals surface area contributed by atoms with Crippen LogP contribution in [0.3, 0.4) is 0 Å². The molecule has 1 aliphatic rings. The van der Waals surface area contributed by atoms with Gasteiger partial charge in [0, 0.05) is 0 Å². The highest BCUT2D eigenvalue weighted by Gasteiger charge is 2.59. The maximum Gasteiger partial charge on any atom is 0.262 e. The molecule has 3 unspecified atom stereocenters. The summed E-state index contributed by atoms with van der Waals surface area (Å²) in [5.41, 5.74) is 3.99. The van der Waals surface area contributed by atoms with Gasteiger partial charge in [0.25, 0.3) is 15.9 Å². The Bertz CT molecular complexity index is 2430. The first kappa shape index (κ1) is 35.1. The number of fused-ring (bicyclic) bond motifs is 1. The average molecular weight is 732 g/mol. The number of hydrogen-bond acceptors (Lipinski definition) is 6.